The number of rotatable bonds is 1. The summed E-state index contributed by atoms with van der Waals surface area (Å²) in [7, 11) is 0. The molecule has 0 saturated carbocycles. The van der Waals surface area contributed by atoms with Crippen LogP contribution >= 0.6 is 11.6 Å². The molecule has 82 valence electrons. The molecule has 0 aromatic heterocycles. The van der Waals surface area contributed by atoms with Gasteiger partial charge in [-0.05, 0) is 31.0 Å². The van der Waals surface area contributed by atoms with Gasteiger partial charge in [0.05, 0.1) is 13.2 Å². The Balaban J connectivity index is 2.30. The van der Waals surface area contributed by atoms with Crippen LogP contribution in [0.15, 0.2) is 12.1 Å². The van der Waals surface area contributed by atoms with Gasteiger partial charge in [0.2, 0.25) is 0 Å². The zero-order valence-electron chi connectivity index (χ0n) is 9.22. The number of morpholine rings is 1. The first kappa shape index (κ1) is 10.8. The minimum absolute atomic E-state index is 0.810. The van der Waals surface area contributed by atoms with E-state index >= 15 is 0 Å². The summed E-state index contributed by atoms with van der Waals surface area (Å²) in [5.74, 6) is 0. The Bertz CT molecular complexity index is 359. The Morgan fingerprint density at radius 2 is 1.80 bits per heavy atom. The van der Waals surface area contributed by atoms with E-state index in [2.05, 4.69) is 24.0 Å². The van der Waals surface area contributed by atoms with Gasteiger partial charge in [-0.3, -0.25) is 0 Å². The molecule has 2 rings (SSSR count). The predicted octanol–water partition coefficient (Wildman–Crippen LogP) is 2.79. The summed E-state index contributed by atoms with van der Waals surface area (Å²) in [6.07, 6.45) is 0. The van der Waals surface area contributed by atoms with Crippen molar-refractivity contribution >= 4 is 17.3 Å². The molecule has 0 amide bonds. The van der Waals surface area contributed by atoms with Crippen LogP contribution in [0.5, 0.6) is 0 Å². The largest absolute Gasteiger partial charge is 0.378 e. The van der Waals surface area contributed by atoms with Crippen molar-refractivity contribution in [2.24, 2.45) is 0 Å². The summed E-state index contributed by atoms with van der Waals surface area (Å²) >= 11 is 6.15. The molecule has 2 nitrogen and oxygen atoms in total. The van der Waals surface area contributed by atoms with Gasteiger partial charge in [-0.2, -0.15) is 0 Å². The molecular weight excluding hydrogens is 210 g/mol. The van der Waals surface area contributed by atoms with E-state index in [0.717, 1.165) is 36.9 Å². The molecular formula is C12H16ClNO. The average Bonchev–Trinajstić information content (AvgIpc) is 2.25. The first-order chi connectivity index (χ1) is 7.18. The zero-order chi connectivity index (χ0) is 10.8. The number of anilines is 1. The second-order valence-electron chi connectivity index (χ2n) is 3.99. The van der Waals surface area contributed by atoms with Gasteiger partial charge in [0.15, 0.2) is 0 Å². The third-order valence-electron chi connectivity index (χ3n) is 2.83. The fourth-order valence-corrected chi connectivity index (χ4v) is 2.12. The molecule has 1 fully saturated rings. The lowest BCUT2D eigenvalue weighted by Crippen LogP contribution is -2.36. The third kappa shape index (κ3) is 2.27. The number of ether oxygens (including phenoxy) is 1. The number of hydrogen-bond acceptors (Lipinski definition) is 2. The van der Waals surface area contributed by atoms with E-state index in [9.17, 15) is 0 Å². The first-order valence-corrected chi connectivity index (χ1v) is 5.66. The van der Waals surface area contributed by atoms with Crippen molar-refractivity contribution < 1.29 is 4.74 Å². The summed E-state index contributed by atoms with van der Waals surface area (Å²) in [6, 6.07) is 4.21. The summed E-state index contributed by atoms with van der Waals surface area (Å²) in [4.78, 5) is 2.34. The van der Waals surface area contributed by atoms with Gasteiger partial charge in [0.25, 0.3) is 0 Å². The molecule has 0 bridgehead atoms. The van der Waals surface area contributed by atoms with Gasteiger partial charge >= 0.3 is 0 Å². The van der Waals surface area contributed by atoms with Crippen LogP contribution in [0.1, 0.15) is 11.1 Å². The molecule has 3 heteroatoms. The minimum Gasteiger partial charge on any atom is -0.378 e. The third-order valence-corrected chi connectivity index (χ3v) is 3.24. The molecule has 0 unspecified atom stereocenters. The predicted molar refractivity (Wildman–Crippen MR) is 64.0 cm³/mol. The van der Waals surface area contributed by atoms with Crippen LogP contribution < -0.4 is 4.90 Å². The average molecular weight is 226 g/mol. The van der Waals surface area contributed by atoms with Gasteiger partial charge < -0.3 is 9.64 Å². The fourth-order valence-electron chi connectivity index (χ4n) is 1.96. The van der Waals surface area contributed by atoms with E-state index in [0.29, 0.717) is 0 Å². The van der Waals surface area contributed by atoms with Gasteiger partial charge in [-0.25, -0.2) is 0 Å². The smallest absolute Gasteiger partial charge is 0.0642 e. The van der Waals surface area contributed by atoms with Crippen molar-refractivity contribution in [2.45, 2.75) is 13.8 Å². The molecule has 0 aliphatic carbocycles. The molecule has 1 aliphatic heterocycles. The zero-order valence-corrected chi connectivity index (χ0v) is 9.97. The maximum Gasteiger partial charge on any atom is 0.0642 e. The van der Waals surface area contributed by atoms with E-state index < -0.39 is 0 Å². The van der Waals surface area contributed by atoms with E-state index in [1.807, 2.05) is 6.92 Å². The molecule has 0 atom stereocenters. The van der Waals surface area contributed by atoms with E-state index in [4.69, 9.17) is 16.3 Å². The summed E-state index contributed by atoms with van der Waals surface area (Å²) < 4.78 is 5.34. The van der Waals surface area contributed by atoms with Gasteiger partial charge in [-0.1, -0.05) is 17.7 Å². The molecule has 0 N–H and O–H groups in total. The van der Waals surface area contributed by atoms with Crippen LogP contribution in [0.25, 0.3) is 0 Å². The van der Waals surface area contributed by atoms with E-state index in [-0.39, 0.29) is 0 Å². The van der Waals surface area contributed by atoms with Crippen LogP contribution in [0.3, 0.4) is 0 Å². The molecule has 1 aromatic carbocycles. The van der Waals surface area contributed by atoms with E-state index in [1.165, 1.54) is 11.3 Å². The molecule has 1 aliphatic rings. The second kappa shape index (κ2) is 4.42. The molecule has 15 heavy (non-hydrogen) atoms. The van der Waals surface area contributed by atoms with Crippen molar-refractivity contribution in [3.63, 3.8) is 0 Å². The van der Waals surface area contributed by atoms with Crippen LogP contribution in [0.4, 0.5) is 5.69 Å². The van der Waals surface area contributed by atoms with Crippen molar-refractivity contribution in [3.05, 3.63) is 28.3 Å². The Hall–Kier alpha value is -0.730. The summed E-state index contributed by atoms with van der Waals surface area (Å²) in [5.41, 5.74) is 3.68. The van der Waals surface area contributed by atoms with Crippen LogP contribution in [0.2, 0.25) is 5.02 Å². The number of benzene rings is 1. The molecule has 0 spiro atoms. The Morgan fingerprint density at radius 3 is 2.47 bits per heavy atom. The van der Waals surface area contributed by atoms with Gasteiger partial charge in [0.1, 0.15) is 0 Å². The highest BCUT2D eigenvalue weighted by Crippen LogP contribution is 2.27. The van der Waals surface area contributed by atoms with Crippen molar-refractivity contribution in [1.29, 1.82) is 0 Å². The lowest BCUT2D eigenvalue weighted by Gasteiger charge is -2.30. The lowest BCUT2D eigenvalue weighted by molar-refractivity contribution is 0.122. The Morgan fingerprint density at radius 1 is 1.13 bits per heavy atom. The van der Waals surface area contributed by atoms with Crippen molar-refractivity contribution in [3.8, 4) is 0 Å². The monoisotopic (exact) mass is 225 g/mol. The normalized spacial score (nSPS) is 16.9. The SMILES string of the molecule is Cc1cc(C)c(N2CCOCC2)cc1Cl. The number of aryl methyl sites for hydroxylation is 2. The molecule has 1 aromatic rings. The number of hydrogen-bond donors (Lipinski definition) is 0. The highest BCUT2D eigenvalue weighted by Gasteiger charge is 2.14. The maximum atomic E-state index is 6.15. The quantitative estimate of drug-likeness (QED) is 0.729. The lowest BCUT2D eigenvalue weighted by atomic mass is 10.1. The first-order valence-electron chi connectivity index (χ1n) is 5.28. The number of nitrogens with zero attached hydrogens (tertiary/aromatic N) is 1. The Kier molecular flexibility index (Phi) is 3.17. The van der Waals surface area contributed by atoms with Gasteiger partial charge in [-0.15, -0.1) is 0 Å². The summed E-state index contributed by atoms with van der Waals surface area (Å²) in [5, 5.41) is 0.849. The number of halogens is 1. The van der Waals surface area contributed by atoms with Crippen LogP contribution in [-0.2, 0) is 4.74 Å². The topological polar surface area (TPSA) is 12.5 Å². The highest BCUT2D eigenvalue weighted by molar-refractivity contribution is 6.31. The fraction of sp³-hybridized carbons (Fsp3) is 0.500. The maximum absolute atomic E-state index is 6.15. The van der Waals surface area contributed by atoms with Crippen LogP contribution in [-0.4, -0.2) is 26.3 Å². The van der Waals surface area contributed by atoms with Crippen molar-refractivity contribution in [2.75, 3.05) is 31.2 Å². The molecule has 1 saturated heterocycles. The molecule has 0 radical (unpaired) electrons. The highest BCUT2D eigenvalue weighted by atomic mass is 35.5. The van der Waals surface area contributed by atoms with E-state index in [1.54, 1.807) is 0 Å². The van der Waals surface area contributed by atoms with Crippen LogP contribution in [0, 0.1) is 13.8 Å². The Labute approximate surface area is 95.8 Å². The van der Waals surface area contributed by atoms with Crippen molar-refractivity contribution in [1.82, 2.24) is 0 Å². The summed E-state index contributed by atoms with van der Waals surface area (Å²) in [6.45, 7) is 7.71. The molecule has 1 heterocycles. The second-order valence-corrected chi connectivity index (χ2v) is 4.39. The van der Waals surface area contributed by atoms with Gasteiger partial charge in [0, 0.05) is 23.8 Å². The standard InChI is InChI=1S/C12H16ClNO/c1-9-7-10(2)12(8-11(9)13)14-3-5-15-6-4-14/h7-8H,3-6H2,1-2H3. The minimum atomic E-state index is 0.810.